The lowest BCUT2D eigenvalue weighted by Crippen LogP contribution is -2.34. The van der Waals surface area contributed by atoms with Crippen molar-refractivity contribution in [1.29, 1.82) is 0 Å². The molecule has 6 rings (SSSR count). The molecule has 5 heteroatoms. The van der Waals surface area contributed by atoms with Gasteiger partial charge in [-0.25, -0.2) is 4.79 Å². The van der Waals surface area contributed by atoms with Crippen LogP contribution in [-0.4, -0.2) is 19.1 Å². The third kappa shape index (κ3) is 4.40. The molecule has 2 aliphatic rings. The molecular formula is C35H36N2O3. The molecule has 0 bridgehead atoms. The second-order valence-electron chi connectivity index (χ2n) is 11.7. The fraction of sp³-hybridized carbons (Fsp3) is 0.286. The Kier molecular flexibility index (Phi) is 6.53. The Morgan fingerprint density at radius 2 is 1.45 bits per heavy atom. The van der Waals surface area contributed by atoms with E-state index >= 15 is 0 Å². The first kappa shape index (κ1) is 26.0. The zero-order chi connectivity index (χ0) is 28.0. The van der Waals surface area contributed by atoms with Crippen molar-refractivity contribution in [2.45, 2.75) is 40.2 Å². The molecule has 0 saturated carbocycles. The highest BCUT2D eigenvalue weighted by atomic mass is 16.6. The molecule has 1 N–H and O–H groups in total. The quantitative estimate of drug-likeness (QED) is 0.242. The number of nitrogens with zero attached hydrogens (tertiary/aromatic N) is 1. The predicted molar refractivity (Wildman–Crippen MR) is 161 cm³/mol. The molecule has 5 nitrogen and oxygen atoms in total. The van der Waals surface area contributed by atoms with Gasteiger partial charge in [0.1, 0.15) is 11.5 Å². The highest BCUT2D eigenvalue weighted by Gasteiger charge is 2.53. The Labute approximate surface area is 236 Å². The molecule has 2 aliphatic heterocycles. The van der Waals surface area contributed by atoms with Crippen molar-refractivity contribution in [3.05, 3.63) is 113 Å². The number of ether oxygens (including phenoxy) is 2. The molecule has 1 spiro atoms. The Hall–Kier alpha value is -4.25. The standard InChI is InChI=1S/C35H36N2O3/c1-22(2)20-37(21-23(3)4)26-15-16-29-33(18-26)39-32-17-24(5)31(36-25-11-7-6-8-12-25)19-30(32)35(29)28-14-10-9-13-27(28)34(38)40-35/h6-19,22-23,36H,20-21H2,1-5H3. The summed E-state index contributed by atoms with van der Waals surface area (Å²) in [5.41, 5.74) is 6.05. The Bertz CT molecular complexity index is 1570. The topological polar surface area (TPSA) is 50.8 Å². The van der Waals surface area contributed by atoms with Crippen molar-refractivity contribution in [3.63, 3.8) is 0 Å². The van der Waals surface area contributed by atoms with E-state index in [0.717, 1.165) is 58.2 Å². The van der Waals surface area contributed by atoms with Gasteiger partial charge >= 0.3 is 5.97 Å². The van der Waals surface area contributed by atoms with Gasteiger partial charge < -0.3 is 19.7 Å². The predicted octanol–water partition coefficient (Wildman–Crippen LogP) is 8.43. The van der Waals surface area contributed by atoms with Gasteiger partial charge in [0.25, 0.3) is 0 Å². The van der Waals surface area contributed by atoms with Gasteiger partial charge in [-0.15, -0.1) is 0 Å². The normalized spacial score (nSPS) is 16.8. The lowest BCUT2D eigenvalue weighted by atomic mass is 9.77. The molecule has 204 valence electrons. The zero-order valence-corrected chi connectivity index (χ0v) is 23.8. The minimum absolute atomic E-state index is 0.321. The summed E-state index contributed by atoms with van der Waals surface area (Å²) in [6, 6.07) is 28.2. The Morgan fingerprint density at radius 3 is 2.17 bits per heavy atom. The molecule has 0 aromatic heterocycles. The van der Waals surface area contributed by atoms with E-state index in [1.54, 1.807) is 0 Å². The van der Waals surface area contributed by atoms with Gasteiger partial charge in [-0.2, -0.15) is 0 Å². The molecular weight excluding hydrogens is 496 g/mol. The van der Waals surface area contributed by atoms with Crippen molar-refractivity contribution in [1.82, 2.24) is 0 Å². The SMILES string of the molecule is Cc1cc2c(cc1Nc1ccccc1)C1(OC(=O)c3ccccc31)c1ccc(N(CC(C)C)CC(C)C)cc1O2. The van der Waals surface area contributed by atoms with Crippen LogP contribution < -0.4 is 15.0 Å². The first-order valence-electron chi connectivity index (χ1n) is 14.1. The molecule has 0 fully saturated rings. The van der Waals surface area contributed by atoms with E-state index < -0.39 is 5.60 Å². The Balaban J connectivity index is 1.53. The van der Waals surface area contributed by atoms with E-state index in [1.165, 1.54) is 0 Å². The van der Waals surface area contributed by atoms with Crippen LogP contribution in [0.4, 0.5) is 17.1 Å². The van der Waals surface area contributed by atoms with E-state index in [4.69, 9.17) is 9.47 Å². The van der Waals surface area contributed by atoms with E-state index in [0.29, 0.717) is 23.1 Å². The molecule has 4 aromatic carbocycles. The van der Waals surface area contributed by atoms with Gasteiger partial charge in [-0.3, -0.25) is 0 Å². The molecule has 0 saturated heterocycles. The van der Waals surface area contributed by atoms with Crippen LogP contribution in [0.25, 0.3) is 0 Å². The number of hydrogen-bond acceptors (Lipinski definition) is 5. The van der Waals surface area contributed by atoms with Gasteiger partial charge in [-0.1, -0.05) is 64.1 Å². The maximum Gasteiger partial charge on any atom is 0.340 e. The monoisotopic (exact) mass is 532 g/mol. The van der Waals surface area contributed by atoms with E-state index in [-0.39, 0.29) is 5.97 Å². The Morgan fingerprint density at radius 1 is 0.775 bits per heavy atom. The molecule has 4 aromatic rings. The number of carbonyl (C=O) groups excluding carboxylic acids is 1. The summed E-state index contributed by atoms with van der Waals surface area (Å²) >= 11 is 0. The molecule has 0 radical (unpaired) electrons. The van der Waals surface area contributed by atoms with Crippen LogP contribution in [0, 0.1) is 18.8 Å². The van der Waals surface area contributed by atoms with E-state index in [2.05, 4.69) is 69.1 Å². The maximum atomic E-state index is 13.3. The summed E-state index contributed by atoms with van der Waals surface area (Å²) in [6.07, 6.45) is 0. The number of anilines is 3. The van der Waals surface area contributed by atoms with Crippen molar-refractivity contribution >= 4 is 23.0 Å². The largest absolute Gasteiger partial charge is 0.456 e. The van der Waals surface area contributed by atoms with E-state index in [9.17, 15) is 4.79 Å². The zero-order valence-electron chi connectivity index (χ0n) is 23.8. The fourth-order valence-electron chi connectivity index (χ4n) is 5.98. The van der Waals surface area contributed by atoms with Crippen molar-refractivity contribution in [2.75, 3.05) is 23.3 Å². The summed E-state index contributed by atoms with van der Waals surface area (Å²) in [7, 11) is 0. The number of aryl methyl sites for hydroxylation is 1. The van der Waals surface area contributed by atoms with Crippen LogP contribution in [-0.2, 0) is 10.3 Å². The minimum atomic E-state index is -1.10. The smallest absolute Gasteiger partial charge is 0.340 e. The number of fused-ring (bicyclic) bond motifs is 6. The third-order valence-corrected chi connectivity index (χ3v) is 7.63. The summed E-state index contributed by atoms with van der Waals surface area (Å²) in [5.74, 6) is 2.13. The number of carbonyl (C=O) groups is 1. The molecule has 0 aliphatic carbocycles. The number of nitrogens with one attached hydrogen (secondary N) is 1. The molecule has 1 atom stereocenters. The first-order valence-corrected chi connectivity index (χ1v) is 14.1. The highest BCUT2D eigenvalue weighted by molar-refractivity contribution is 5.97. The molecule has 2 heterocycles. The van der Waals surface area contributed by atoms with Gasteiger partial charge in [0, 0.05) is 52.9 Å². The van der Waals surface area contributed by atoms with E-state index in [1.807, 2.05) is 60.7 Å². The highest BCUT2D eigenvalue weighted by Crippen LogP contribution is 2.57. The fourth-order valence-corrected chi connectivity index (χ4v) is 5.98. The summed E-state index contributed by atoms with van der Waals surface area (Å²) in [4.78, 5) is 15.8. The number of benzene rings is 4. The molecule has 40 heavy (non-hydrogen) atoms. The lowest BCUT2D eigenvalue weighted by Gasteiger charge is -2.38. The van der Waals surface area contributed by atoms with Crippen LogP contribution in [0.1, 0.15) is 60.3 Å². The average molecular weight is 533 g/mol. The van der Waals surface area contributed by atoms with Crippen LogP contribution >= 0.6 is 0 Å². The lowest BCUT2D eigenvalue weighted by molar-refractivity contribution is 0.0224. The average Bonchev–Trinajstić information content (AvgIpc) is 3.22. The minimum Gasteiger partial charge on any atom is -0.456 e. The molecule has 0 amide bonds. The second kappa shape index (κ2) is 10.1. The summed E-state index contributed by atoms with van der Waals surface area (Å²) in [6.45, 7) is 12.9. The first-order chi connectivity index (χ1) is 19.3. The number of para-hydroxylation sites is 1. The van der Waals surface area contributed by atoms with Crippen molar-refractivity contribution in [3.8, 4) is 11.5 Å². The van der Waals surface area contributed by atoms with Gasteiger partial charge in [0.15, 0.2) is 5.60 Å². The van der Waals surface area contributed by atoms with Crippen molar-refractivity contribution in [2.24, 2.45) is 11.8 Å². The van der Waals surface area contributed by atoms with Crippen LogP contribution in [0.5, 0.6) is 11.5 Å². The van der Waals surface area contributed by atoms with Crippen molar-refractivity contribution < 1.29 is 14.3 Å². The maximum absolute atomic E-state index is 13.3. The number of hydrogen-bond donors (Lipinski definition) is 1. The van der Waals surface area contributed by atoms with Gasteiger partial charge in [0.05, 0.1) is 5.56 Å². The second-order valence-corrected chi connectivity index (χ2v) is 11.7. The summed E-state index contributed by atoms with van der Waals surface area (Å²) < 4.78 is 13.1. The van der Waals surface area contributed by atoms with Crippen LogP contribution in [0.2, 0.25) is 0 Å². The van der Waals surface area contributed by atoms with Crippen LogP contribution in [0.3, 0.4) is 0 Å². The third-order valence-electron chi connectivity index (χ3n) is 7.63. The van der Waals surface area contributed by atoms with Crippen LogP contribution in [0.15, 0.2) is 84.9 Å². The van der Waals surface area contributed by atoms with Gasteiger partial charge in [-0.05, 0) is 66.8 Å². The number of esters is 1. The van der Waals surface area contributed by atoms with Gasteiger partial charge in [0.2, 0.25) is 0 Å². The number of rotatable bonds is 7. The molecule has 1 unspecified atom stereocenters. The summed E-state index contributed by atoms with van der Waals surface area (Å²) in [5, 5.41) is 3.55.